The van der Waals surface area contributed by atoms with Crippen LogP contribution in [0, 0.1) is 5.92 Å². The van der Waals surface area contributed by atoms with Gasteiger partial charge in [0.05, 0.1) is 42.9 Å². The van der Waals surface area contributed by atoms with Crippen LogP contribution < -0.4 is 91.0 Å². The second-order valence-electron chi connectivity index (χ2n) is 14.8. The van der Waals surface area contributed by atoms with Crippen LogP contribution in [0.1, 0.15) is 40.5 Å². The van der Waals surface area contributed by atoms with Gasteiger partial charge in [0.1, 0.15) is 73.2 Å². The molecule has 4 aliphatic rings. The van der Waals surface area contributed by atoms with Gasteiger partial charge in [0, 0.05) is 39.3 Å². The van der Waals surface area contributed by atoms with Crippen LogP contribution in [0.4, 0.5) is 0 Å². The second-order valence-corrected chi connectivity index (χ2v) is 14.8. The first-order chi connectivity index (χ1) is 27.7. The fraction of sp³-hybridized carbons (Fsp3) is 0.853. The largest absolute Gasteiger partial charge is 1.00 e. The number of carbonyl (C=O) groups is 5. The number of nitrogens with one attached hydrogen (secondary N) is 3. The number of aliphatic hydroxyl groups excluding tert-OH is 7. The van der Waals surface area contributed by atoms with Crippen molar-refractivity contribution in [3.8, 4) is 0 Å². The monoisotopic (exact) mass is 900 g/mol. The van der Waals surface area contributed by atoms with Gasteiger partial charge in [-0.2, -0.15) is 0 Å². The van der Waals surface area contributed by atoms with E-state index in [2.05, 4.69) is 16.0 Å². The number of hydrogen-bond donors (Lipinski definition) is 11. The molecule has 0 bridgehead atoms. The summed E-state index contributed by atoms with van der Waals surface area (Å²) in [6.45, 7) is 4.34. The Morgan fingerprint density at radius 2 is 1.13 bits per heavy atom. The van der Waals surface area contributed by atoms with Gasteiger partial charge in [-0.1, -0.05) is 6.92 Å². The number of carbonyl (C=O) groups excluding carboxylic acids is 5. The van der Waals surface area contributed by atoms with E-state index in [1.165, 1.54) is 13.8 Å². The van der Waals surface area contributed by atoms with Gasteiger partial charge in [0.2, 0.25) is 17.7 Å². The summed E-state index contributed by atoms with van der Waals surface area (Å²) < 4.78 is 39.9. The van der Waals surface area contributed by atoms with E-state index in [1.807, 2.05) is 0 Å². The van der Waals surface area contributed by atoms with Crippen LogP contribution in [0.15, 0.2) is 0 Å². The number of aliphatic hydroxyl groups is 7. The van der Waals surface area contributed by atoms with Gasteiger partial charge in [0.15, 0.2) is 18.9 Å². The summed E-state index contributed by atoms with van der Waals surface area (Å²) in [5.41, 5.74) is 5.44. The van der Waals surface area contributed by atoms with Crippen LogP contribution in [0.5, 0.6) is 0 Å². The molecule has 0 aromatic rings. The third kappa shape index (κ3) is 13.6. The van der Waals surface area contributed by atoms with Gasteiger partial charge in [-0.05, 0) is 13.3 Å². The fourth-order valence-corrected chi connectivity index (χ4v) is 7.42. The van der Waals surface area contributed by atoms with Gasteiger partial charge in [-0.3, -0.25) is 14.4 Å². The molecule has 0 saturated carbocycles. The van der Waals surface area contributed by atoms with E-state index >= 15 is 0 Å². The maximum atomic E-state index is 12.6. The zero-order chi connectivity index (χ0) is 44.0. The normalized spacial score (nSPS) is 41.2. The van der Waals surface area contributed by atoms with Crippen LogP contribution in [-0.4, -0.2) is 202 Å². The number of rotatable bonds is 16. The Morgan fingerprint density at radius 1 is 0.639 bits per heavy atom. The Morgan fingerprint density at radius 3 is 1.66 bits per heavy atom. The third-order valence-electron chi connectivity index (χ3n) is 10.5. The molecule has 0 radical (unpaired) electrons. The van der Waals surface area contributed by atoms with E-state index in [4.69, 9.17) is 38.9 Å². The van der Waals surface area contributed by atoms with E-state index in [0.29, 0.717) is 0 Å². The molecule has 0 spiro atoms. The molecule has 61 heavy (non-hydrogen) atoms. The molecule has 4 aliphatic heterocycles. The van der Waals surface area contributed by atoms with E-state index in [0.717, 1.165) is 13.8 Å². The van der Waals surface area contributed by atoms with Gasteiger partial charge in [-0.25, -0.2) is 0 Å². The first-order valence-electron chi connectivity index (χ1n) is 18.9. The van der Waals surface area contributed by atoms with Crippen molar-refractivity contribution in [3.63, 3.8) is 0 Å². The van der Waals surface area contributed by atoms with Crippen LogP contribution >= 0.6 is 0 Å². The molecule has 0 aromatic heterocycles. The van der Waals surface area contributed by atoms with Crippen molar-refractivity contribution in [3.05, 3.63) is 0 Å². The molecular weight excluding hydrogens is 846 g/mol. The van der Waals surface area contributed by atoms with Crippen LogP contribution in [0.3, 0.4) is 0 Å². The smallest absolute Gasteiger partial charge is 0.547 e. The third-order valence-corrected chi connectivity index (χ3v) is 10.5. The summed E-state index contributed by atoms with van der Waals surface area (Å²) in [6, 6.07) is -2.91. The number of nitrogens with two attached hydrogens (primary N) is 1. The van der Waals surface area contributed by atoms with E-state index in [1.54, 1.807) is 0 Å². The average molecular weight is 901 g/mol. The first kappa shape index (κ1) is 55.9. The van der Waals surface area contributed by atoms with Crippen molar-refractivity contribution < 1.29 is 162 Å². The minimum Gasteiger partial charge on any atom is -0.547 e. The number of hydrogen-bond acceptors (Lipinski definition) is 22. The molecule has 25 nitrogen and oxygen atoms in total. The van der Waals surface area contributed by atoms with E-state index in [-0.39, 0.29) is 85.0 Å². The Labute approximate surface area is 393 Å². The molecule has 3 amide bonds. The van der Waals surface area contributed by atoms with Crippen LogP contribution in [0.2, 0.25) is 0 Å². The van der Waals surface area contributed by atoms with E-state index < -0.39 is 159 Å². The van der Waals surface area contributed by atoms with Gasteiger partial charge >= 0.3 is 59.1 Å². The van der Waals surface area contributed by atoms with Crippen molar-refractivity contribution in [2.45, 2.75) is 157 Å². The van der Waals surface area contributed by atoms with Crippen LogP contribution in [-0.2, 0) is 57.1 Å². The van der Waals surface area contributed by atoms with Crippen molar-refractivity contribution >= 4 is 29.7 Å². The molecule has 4 fully saturated rings. The summed E-state index contributed by atoms with van der Waals surface area (Å²) in [5, 5.41) is 108. The Bertz CT molecular complexity index is 1480. The van der Waals surface area contributed by atoms with Crippen molar-refractivity contribution in [2.75, 3.05) is 19.7 Å². The van der Waals surface area contributed by atoms with Gasteiger partial charge in [-0.15, -0.1) is 0 Å². The number of carboxylic acids is 2. The molecule has 0 aromatic carbocycles. The SMILES string of the molecule is CC(=O)NC1[C@H](O[C@@H]2C(C(=O)[O-])O[C@@H](O[C@@H]3C(NC(C)=O)[C@H](C)OC(CO)[C@H]3O)C(O)[C@H]2O)OC(CCC(=O)NCCN)[C@@H](O)[C@@H]1O[C@@H]1OC(C(=O)[O-])[C@@H](C)[C@H](O)C1O.[Na+].[Na+]. The zero-order valence-electron chi connectivity index (χ0n) is 34.5. The number of amides is 3. The number of ether oxygens (including phenoxy) is 7. The molecule has 27 heteroatoms. The molecule has 4 heterocycles. The van der Waals surface area contributed by atoms with Crippen LogP contribution in [0.25, 0.3) is 0 Å². The van der Waals surface area contributed by atoms with Crippen molar-refractivity contribution in [2.24, 2.45) is 11.7 Å². The molecule has 0 aliphatic carbocycles. The fourth-order valence-electron chi connectivity index (χ4n) is 7.42. The first-order valence-corrected chi connectivity index (χ1v) is 18.9. The Kier molecular flexibility index (Phi) is 22.8. The van der Waals surface area contributed by atoms with Gasteiger partial charge in [0.25, 0.3) is 0 Å². The molecular formula is C34H54N4Na2O21. The predicted octanol–water partition coefficient (Wildman–Crippen LogP) is -15.7. The maximum Gasteiger partial charge on any atom is 1.00 e. The molecule has 12 N–H and O–H groups in total. The second kappa shape index (κ2) is 24.9. The topological polar surface area (TPSA) is 400 Å². The molecule has 338 valence electrons. The minimum absolute atomic E-state index is 0. The molecule has 20 atom stereocenters. The molecule has 8 unspecified atom stereocenters. The number of aliphatic carboxylic acids is 2. The summed E-state index contributed by atoms with van der Waals surface area (Å²) in [6.07, 6.45) is -32.0. The Balaban J connectivity index is 0.00000641. The number of carboxylic acid groups (broad SMARTS) is 2. The minimum atomic E-state index is -2.35. The molecule has 4 saturated heterocycles. The quantitative estimate of drug-likeness (QED) is 0.0641. The molecule has 4 rings (SSSR count). The maximum absolute atomic E-state index is 12.6. The van der Waals surface area contributed by atoms with Crippen molar-refractivity contribution in [1.82, 2.24) is 16.0 Å². The summed E-state index contributed by atoms with van der Waals surface area (Å²) in [4.78, 5) is 61.5. The predicted molar refractivity (Wildman–Crippen MR) is 184 cm³/mol. The Hall–Kier alpha value is -1.25. The summed E-state index contributed by atoms with van der Waals surface area (Å²) in [7, 11) is 0. The zero-order valence-corrected chi connectivity index (χ0v) is 38.5. The van der Waals surface area contributed by atoms with Crippen molar-refractivity contribution in [1.29, 1.82) is 0 Å². The van der Waals surface area contributed by atoms with Gasteiger partial charge < -0.3 is 110 Å². The standard InChI is InChI=1S/C34H56N4O21.2Na/c1-10-19(43)23(47)33(55-25(10)30(49)50)57-27-18(38-13(4)41)32(54-14(20(27)44)5-6-16(42)36-8-7-35)58-28-22(46)24(48)34(59-29(28)31(51)52)56-26-17(37-12(3)40)11(2)53-15(9-39)21(26)45;;/h10-11,14-15,17-29,32-34,39,43-48H,5-9,35H2,1-4H3,(H,36,42)(H,37,40)(H,38,41)(H,49,50)(H,51,52);;/q;2*+1/p-2/t10-,11-,14?,15?,17?,18?,19-,20+,21+,22+,23?,24?,25?,26+,27+,28-,29?,32-,33-,34+;;/m0../s1. The summed E-state index contributed by atoms with van der Waals surface area (Å²) in [5.74, 6) is -7.05. The van der Waals surface area contributed by atoms with E-state index in [9.17, 15) is 69.9 Å². The average Bonchev–Trinajstić information content (AvgIpc) is 3.17. The summed E-state index contributed by atoms with van der Waals surface area (Å²) >= 11 is 0.